The average molecular weight is 298 g/mol. The summed E-state index contributed by atoms with van der Waals surface area (Å²) in [7, 11) is 2.24. The molecule has 1 N–H and O–H groups in total. The van der Waals surface area contributed by atoms with E-state index in [0.717, 1.165) is 39.3 Å². The van der Waals surface area contributed by atoms with E-state index in [1.165, 1.54) is 0 Å². The van der Waals surface area contributed by atoms with Gasteiger partial charge in [-0.3, -0.25) is 4.90 Å². The molecule has 0 saturated carbocycles. The maximum atomic E-state index is 6.17. The second kappa shape index (κ2) is 6.53. The lowest BCUT2D eigenvalue weighted by Gasteiger charge is -2.46. The SMILES string of the molecule is CN1CC(C(C)(C)C)OCC1CC(C)(C)[C@@H]1COCCN1. The predicted octanol–water partition coefficient (Wildman–Crippen LogP) is 2.14. The van der Waals surface area contributed by atoms with Gasteiger partial charge in [-0.05, 0) is 24.3 Å². The first-order valence-corrected chi connectivity index (χ1v) is 8.33. The largest absolute Gasteiger partial charge is 0.378 e. The molecule has 2 rings (SSSR count). The zero-order valence-corrected chi connectivity index (χ0v) is 14.7. The molecule has 0 aromatic heterocycles. The highest BCUT2D eigenvalue weighted by Crippen LogP contribution is 2.33. The van der Waals surface area contributed by atoms with Crippen LogP contribution in [0.2, 0.25) is 0 Å². The summed E-state index contributed by atoms with van der Waals surface area (Å²) in [4.78, 5) is 2.49. The molecule has 0 aliphatic carbocycles. The minimum absolute atomic E-state index is 0.216. The van der Waals surface area contributed by atoms with Crippen LogP contribution < -0.4 is 5.32 Å². The van der Waals surface area contributed by atoms with Crippen LogP contribution >= 0.6 is 0 Å². The van der Waals surface area contributed by atoms with E-state index in [1.54, 1.807) is 0 Å². The first-order chi connectivity index (χ1) is 9.70. The summed E-state index contributed by atoms with van der Waals surface area (Å²) in [5.74, 6) is 0. The topological polar surface area (TPSA) is 33.7 Å². The number of hydrogen-bond donors (Lipinski definition) is 1. The molecule has 21 heavy (non-hydrogen) atoms. The fourth-order valence-electron chi connectivity index (χ4n) is 3.37. The highest BCUT2D eigenvalue weighted by Gasteiger charge is 2.39. The van der Waals surface area contributed by atoms with Crippen molar-refractivity contribution >= 4 is 0 Å². The quantitative estimate of drug-likeness (QED) is 0.865. The molecule has 2 saturated heterocycles. The van der Waals surface area contributed by atoms with Crippen LogP contribution in [0.5, 0.6) is 0 Å². The van der Waals surface area contributed by atoms with Gasteiger partial charge in [0.1, 0.15) is 0 Å². The van der Waals surface area contributed by atoms with E-state index in [-0.39, 0.29) is 10.8 Å². The second-order valence-corrected chi connectivity index (χ2v) is 8.56. The number of likely N-dealkylation sites (N-methyl/N-ethyl adjacent to an activating group) is 1. The number of ether oxygens (including phenoxy) is 2. The van der Waals surface area contributed by atoms with Crippen molar-refractivity contribution < 1.29 is 9.47 Å². The summed E-state index contributed by atoms with van der Waals surface area (Å²) in [6, 6.07) is 0.947. The van der Waals surface area contributed by atoms with E-state index in [9.17, 15) is 0 Å². The fraction of sp³-hybridized carbons (Fsp3) is 1.00. The Morgan fingerprint density at radius 1 is 1.14 bits per heavy atom. The van der Waals surface area contributed by atoms with Crippen LogP contribution in [0.4, 0.5) is 0 Å². The lowest BCUT2D eigenvalue weighted by molar-refractivity contribution is -0.109. The first kappa shape index (κ1) is 17.2. The summed E-state index contributed by atoms with van der Waals surface area (Å²) in [6.45, 7) is 16.0. The highest BCUT2D eigenvalue weighted by atomic mass is 16.5. The van der Waals surface area contributed by atoms with Gasteiger partial charge >= 0.3 is 0 Å². The molecule has 2 unspecified atom stereocenters. The van der Waals surface area contributed by atoms with Crippen LogP contribution in [0.3, 0.4) is 0 Å². The van der Waals surface area contributed by atoms with Crippen LogP contribution in [-0.2, 0) is 9.47 Å². The van der Waals surface area contributed by atoms with E-state index in [1.807, 2.05) is 0 Å². The van der Waals surface area contributed by atoms with E-state index >= 15 is 0 Å². The third-order valence-electron chi connectivity index (χ3n) is 5.16. The van der Waals surface area contributed by atoms with Crippen molar-refractivity contribution in [3.05, 3.63) is 0 Å². The number of rotatable bonds is 3. The first-order valence-electron chi connectivity index (χ1n) is 8.33. The summed E-state index contributed by atoms with van der Waals surface area (Å²) < 4.78 is 11.8. The molecular formula is C17H34N2O2. The Balaban J connectivity index is 1.91. The fourth-order valence-corrected chi connectivity index (χ4v) is 3.37. The van der Waals surface area contributed by atoms with E-state index in [0.29, 0.717) is 18.2 Å². The van der Waals surface area contributed by atoms with E-state index in [4.69, 9.17) is 9.47 Å². The minimum atomic E-state index is 0.216. The van der Waals surface area contributed by atoms with Gasteiger partial charge in [-0.1, -0.05) is 34.6 Å². The molecule has 0 bridgehead atoms. The molecule has 0 spiro atoms. The van der Waals surface area contributed by atoms with E-state index in [2.05, 4.69) is 51.9 Å². The molecule has 2 heterocycles. The molecule has 124 valence electrons. The van der Waals surface area contributed by atoms with Crippen molar-refractivity contribution in [2.75, 3.05) is 40.0 Å². The molecule has 0 amide bonds. The van der Waals surface area contributed by atoms with Crippen LogP contribution in [0.15, 0.2) is 0 Å². The van der Waals surface area contributed by atoms with Gasteiger partial charge in [-0.15, -0.1) is 0 Å². The van der Waals surface area contributed by atoms with Crippen molar-refractivity contribution in [1.29, 1.82) is 0 Å². The van der Waals surface area contributed by atoms with Gasteiger partial charge in [0.15, 0.2) is 0 Å². The Morgan fingerprint density at radius 3 is 2.38 bits per heavy atom. The molecule has 2 fully saturated rings. The van der Waals surface area contributed by atoms with Crippen LogP contribution in [0.1, 0.15) is 41.0 Å². The smallest absolute Gasteiger partial charge is 0.0750 e. The monoisotopic (exact) mass is 298 g/mol. The van der Waals surface area contributed by atoms with Crippen molar-refractivity contribution in [2.45, 2.75) is 59.2 Å². The van der Waals surface area contributed by atoms with Crippen LogP contribution in [0.25, 0.3) is 0 Å². The van der Waals surface area contributed by atoms with Gasteiger partial charge in [0.2, 0.25) is 0 Å². The third kappa shape index (κ3) is 4.41. The summed E-state index contributed by atoms with van der Waals surface area (Å²) in [5, 5.41) is 3.61. The maximum absolute atomic E-state index is 6.17. The number of nitrogens with zero attached hydrogens (tertiary/aromatic N) is 1. The van der Waals surface area contributed by atoms with E-state index < -0.39 is 0 Å². The zero-order valence-electron chi connectivity index (χ0n) is 14.7. The van der Waals surface area contributed by atoms with Gasteiger partial charge in [-0.2, -0.15) is 0 Å². The van der Waals surface area contributed by atoms with Crippen molar-refractivity contribution in [1.82, 2.24) is 10.2 Å². The Kier molecular flexibility index (Phi) is 5.35. The maximum Gasteiger partial charge on any atom is 0.0750 e. The molecule has 2 aliphatic heterocycles. The Bertz CT molecular complexity index is 332. The Morgan fingerprint density at radius 2 is 1.86 bits per heavy atom. The van der Waals surface area contributed by atoms with Crippen molar-refractivity contribution in [3.8, 4) is 0 Å². The van der Waals surface area contributed by atoms with Gasteiger partial charge in [-0.25, -0.2) is 0 Å². The predicted molar refractivity (Wildman–Crippen MR) is 86.6 cm³/mol. The molecule has 2 aliphatic rings. The summed E-state index contributed by atoms with van der Waals surface area (Å²) >= 11 is 0. The third-order valence-corrected chi connectivity index (χ3v) is 5.16. The molecule has 3 atom stereocenters. The minimum Gasteiger partial charge on any atom is -0.378 e. The van der Waals surface area contributed by atoms with Crippen LogP contribution in [-0.4, -0.2) is 63.0 Å². The number of hydrogen-bond acceptors (Lipinski definition) is 4. The molecule has 0 aromatic rings. The van der Waals surface area contributed by atoms with Crippen molar-refractivity contribution in [3.63, 3.8) is 0 Å². The van der Waals surface area contributed by atoms with Gasteiger partial charge in [0.25, 0.3) is 0 Å². The zero-order chi connectivity index (χ0) is 15.7. The lowest BCUT2D eigenvalue weighted by Crippen LogP contribution is -2.56. The number of nitrogens with one attached hydrogen (secondary N) is 1. The van der Waals surface area contributed by atoms with Crippen molar-refractivity contribution in [2.24, 2.45) is 10.8 Å². The molecule has 4 nitrogen and oxygen atoms in total. The molecule has 0 aromatic carbocycles. The van der Waals surface area contributed by atoms with Crippen LogP contribution in [0, 0.1) is 10.8 Å². The second-order valence-electron chi connectivity index (χ2n) is 8.56. The molecule has 0 radical (unpaired) electrons. The summed E-state index contributed by atoms with van der Waals surface area (Å²) in [6.07, 6.45) is 1.47. The van der Waals surface area contributed by atoms with Gasteiger partial charge < -0.3 is 14.8 Å². The summed E-state index contributed by atoms with van der Waals surface area (Å²) in [5.41, 5.74) is 0.435. The normalized spacial score (nSPS) is 33.1. The highest BCUT2D eigenvalue weighted by molar-refractivity contribution is 4.92. The van der Waals surface area contributed by atoms with Gasteiger partial charge in [0.05, 0.1) is 25.9 Å². The van der Waals surface area contributed by atoms with Gasteiger partial charge in [0, 0.05) is 25.2 Å². The Labute approximate surface area is 130 Å². The lowest BCUT2D eigenvalue weighted by atomic mass is 9.77. The number of morpholine rings is 2. The molecule has 4 heteroatoms. The Hall–Kier alpha value is -0.160. The standard InChI is InChI=1S/C17H34N2O2/c1-16(2,3)15-10-19(6)13(11-21-15)9-17(4,5)14-12-20-8-7-18-14/h13-15,18H,7-12H2,1-6H3/t13?,14-,15?/m0/s1. The molecular weight excluding hydrogens is 264 g/mol. The average Bonchev–Trinajstić information content (AvgIpc) is 2.41.